The van der Waals surface area contributed by atoms with Crippen LogP contribution in [0.5, 0.6) is 0 Å². The summed E-state index contributed by atoms with van der Waals surface area (Å²) in [5, 5.41) is 12.3. The minimum Gasteiger partial charge on any atom is -0.481 e. The number of benzene rings is 1. The van der Waals surface area contributed by atoms with Crippen LogP contribution in [0.25, 0.3) is 0 Å². The molecule has 2 amide bonds. The number of carbonyl (C=O) groups excluding carboxylic acids is 1. The monoisotopic (exact) mass is 345 g/mol. The Hall–Kier alpha value is -2.08. The van der Waals surface area contributed by atoms with Crippen LogP contribution in [-0.4, -0.2) is 58.6 Å². The summed E-state index contributed by atoms with van der Waals surface area (Å²) in [6.07, 6.45) is 2.34. The summed E-state index contributed by atoms with van der Waals surface area (Å²) >= 11 is 0. The Labute approximate surface area is 148 Å². The van der Waals surface area contributed by atoms with E-state index in [0.717, 1.165) is 25.9 Å². The van der Waals surface area contributed by atoms with E-state index < -0.39 is 11.9 Å². The highest BCUT2D eigenvalue weighted by atomic mass is 16.4. The number of rotatable bonds is 4. The van der Waals surface area contributed by atoms with E-state index >= 15 is 0 Å². The Kier molecular flexibility index (Phi) is 5.58. The number of carbonyl (C=O) groups is 2. The minimum atomic E-state index is -0.805. The minimum absolute atomic E-state index is 0.112. The first kappa shape index (κ1) is 17.7. The molecule has 2 saturated heterocycles. The van der Waals surface area contributed by atoms with Crippen molar-refractivity contribution in [2.24, 2.45) is 5.92 Å². The number of urea groups is 1. The van der Waals surface area contributed by atoms with E-state index in [4.69, 9.17) is 0 Å². The molecular formula is C19H27N3O3. The Morgan fingerprint density at radius 1 is 1.20 bits per heavy atom. The fourth-order valence-corrected chi connectivity index (χ4v) is 3.85. The Balaban J connectivity index is 1.53. The third-order valence-corrected chi connectivity index (χ3v) is 5.48. The summed E-state index contributed by atoms with van der Waals surface area (Å²) in [5.41, 5.74) is 1.28. The fourth-order valence-electron chi connectivity index (χ4n) is 3.85. The van der Waals surface area contributed by atoms with Gasteiger partial charge in [0, 0.05) is 38.3 Å². The van der Waals surface area contributed by atoms with Gasteiger partial charge in [0.05, 0.1) is 5.92 Å². The largest absolute Gasteiger partial charge is 0.481 e. The van der Waals surface area contributed by atoms with Gasteiger partial charge in [-0.1, -0.05) is 30.3 Å². The van der Waals surface area contributed by atoms with Gasteiger partial charge in [-0.25, -0.2) is 4.79 Å². The fraction of sp³-hybridized carbons (Fsp3) is 0.579. The van der Waals surface area contributed by atoms with Crippen molar-refractivity contribution in [3.63, 3.8) is 0 Å². The van der Waals surface area contributed by atoms with Crippen molar-refractivity contribution < 1.29 is 14.7 Å². The van der Waals surface area contributed by atoms with Gasteiger partial charge in [-0.05, 0) is 31.7 Å². The number of piperidine rings is 1. The molecule has 2 heterocycles. The van der Waals surface area contributed by atoms with Gasteiger partial charge in [0.2, 0.25) is 0 Å². The molecule has 6 heteroatoms. The first-order valence-electron chi connectivity index (χ1n) is 9.11. The molecule has 0 saturated carbocycles. The zero-order valence-corrected chi connectivity index (χ0v) is 14.7. The lowest BCUT2D eigenvalue weighted by Crippen LogP contribution is -2.52. The molecular weight excluding hydrogens is 318 g/mol. The van der Waals surface area contributed by atoms with E-state index in [1.165, 1.54) is 5.56 Å². The number of aliphatic carboxylic acids is 1. The first-order chi connectivity index (χ1) is 12.0. The van der Waals surface area contributed by atoms with Gasteiger partial charge in [0.25, 0.3) is 0 Å². The third-order valence-electron chi connectivity index (χ3n) is 5.48. The molecule has 0 radical (unpaired) electrons. The van der Waals surface area contributed by atoms with Crippen molar-refractivity contribution in [3.8, 4) is 0 Å². The maximum atomic E-state index is 12.5. The van der Waals surface area contributed by atoms with Crippen molar-refractivity contribution in [1.29, 1.82) is 0 Å². The molecule has 2 aliphatic rings. The molecule has 0 spiro atoms. The van der Waals surface area contributed by atoms with Crippen LogP contribution in [0.1, 0.15) is 31.7 Å². The lowest BCUT2D eigenvalue weighted by molar-refractivity contribution is -0.143. The van der Waals surface area contributed by atoms with Gasteiger partial charge in [-0.3, -0.25) is 9.69 Å². The molecule has 0 aromatic heterocycles. The van der Waals surface area contributed by atoms with E-state index in [2.05, 4.69) is 29.3 Å². The molecule has 0 bridgehead atoms. The molecule has 25 heavy (non-hydrogen) atoms. The number of hydrogen-bond donors (Lipinski definition) is 2. The SMILES string of the molecule is CC1C(NC(=O)N2CCCC(C(=O)O)C2)CCN1Cc1ccccc1. The Morgan fingerprint density at radius 2 is 1.96 bits per heavy atom. The van der Waals surface area contributed by atoms with Crippen molar-refractivity contribution in [2.75, 3.05) is 19.6 Å². The van der Waals surface area contributed by atoms with E-state index in [-0.39, 0.29) is 18.1 Å². The van der Waals surface area contributed by atoms with Crippen LogP contribution >= 0.6 is 0 Å². The highest BCUT2D eigenvalue weighted by molar-refractivity contribution is 5.76. The number of carboxylic acid groups (broad SMARTS) is 1. The zero-order chi connectivity index (χ0) is 17.8. The smallest absolute Gasteiger partial charge is 0.317 e. The standard InChI is InChI=1S/C19H27N3O3/c1-14-17(9-11-21(14)12-15-6-3-2-4-7-15)20-19(25)22-10-5-8-16(13-22)18(23)24/h2-4,6-7,14,16-17H,5,8-13H2,1H3,(H,20,25)(H,23,24). The Bertz CT molecular complexity index is 607. The van der Waals surface area contributed by atoms with Crippen LogP contribution in [-0.2, 0) is 11.3 Å². The summed E-state index contributed by atoms with van der Waals surface area (Å²) in [5.74, 6) is -1.24. The average molecular weight is 345 g/mol. The molecule has 1 aromatic carbocycles. The summed E-state index contributed by atoms with van der Waals surface area (Å²) < 4.78 is 0. The molecule has 136 valence electrons. The molecule has 6 nitrogen and oxygen atoms in total. The average Bonchev–Trinajstić information content (AvgIpc) is 2.96. The maximum absolute atomic E-state index is 12.5. The quantitative estimate of drug-likeness (QED) is 0.877. The topological polar surface area (TPSA) is 72.9 Å². The van der Waals surface area contributed by atoms with Crippen LogP contribution in [0.15, 0.2) is 30.3 Å². The van der Waals surface area contributed by atoms with Crippen molar-refractivity contribution in [2.45, 2.75) is 44.8 Å². The predicted octanol–water partition coefficient (Wildman–Crippen LogP) is 2.16. The number of nitrogens with zero attached hydrogens (tertiary/aromatic N) is 2. The summed E-state index contributed by atoms with van der Waals surface area (Å²) in [6, 6.07) is 10.6. The lowest BCUT2D eigenvalue weighted by Gasteiger charge is -2.33. The highest BCUT2D eigenvalue weighted by Gasteiger charge is 2.34. The molecule has 2 N–H and O–H groups in total. The van der Waals surface area contributed by atoms with Gasteiger partial charge in [0.1, 0.15) is 0 Å². The number of nitrogens with one attached hydrogen (secondary N) is 1. The summed E-state index contributed by atoms with van der Waals surface area (Å²) in [7, 11) is 0. The van der Waals surface area contributed by atoms with Crippen LogP contribution in [0, 0.1) is 5.92 Å². The second-order valence-electron chi connectivity index (χ2n) is 7.16. The van der Waals surface area contributed by atoms with E-state index in [0.29, 0.717) is 19.5 Å². The number of carboxylic acids is 1. The normalized spacial score (nSPS) is 27.2. The van der Waals surface area contributed by atoms with Crippen LogP contribution in [0.4, 0.5) is 4.79 Å². The maximum Gasteiger partial charge on any atom is 0.317 e. The second kappa shape index (κ2) is 7.87. The molecule has 2 aliphatic heterocycles. The molecule has 3 rings (SSSR count). The van der Waals surface area contributed by atoms with E-state index in [1.54, 1.807) is 4.90 Å². The number of likely N-dealkylation sites (tertiary alicyclic amines) is 2. The van der Waals surface area contributed by atoms with Gasteiger partial charge >= 0.3 is 12.0 Å². The lowest BCUT2D eigenvalue weighted by atomic mass is 9.98. The van der Waals surface area contributed by atoms with Crippen molar-refractivity contribution in [3.05, 3.63) is 35.9 Å². The van der Waals surface area contributed by atoms with Gasteiger partial charge < -0.3 is 15.3 Å². The first-order valence-corrected chi connectivity index (χ1v) is 9.11. The molecule has 0 aliphatic carbocycles. The molecule has 3 atom stereocenters. The summed E-state index contributed by atoms with van der Waals surface area (Å²) in [4.78, 5) is 27.8. The molecule has 3 unspecified atom stereocenters. The van der Waals surface area contributed by atoms with Crippen molar-refractivity contribution in [1.82, 2.24) is 15.1 Å². The van der Waals surface area contributed by atoms with Crippen molar-refractivity contribution >= 4 is 12.0 Å². The third kappa shape index (κ3) is 4.31. The van der Waals surface area contributed by atoms with Crippen LogP contribution in [0.2, 0.25) is 0 Å². The predicted molar refractivity (Wildman–Crippen MR) is 95.2 cm³/mol. The number of amides is 2. The zero-order valence-electron chi connectivity index (χ0n) is 14.7. The van der Waals surface area contributed by atoms with Gasteiger partial charge in [0.15, 0.2) is 0 Å². The number of hydrogen-bond acceptors (Lipinski definition) is 3. The second-order valence-corrected chi connectivity index (χ2v) is 7.16. The summed E-state index contributed by atoms with van der Waals surface area (Å²) in [6.45, 7) is 4.95. The van der Waals surface area contributed by atoms with Crippen LogP contribution in [0.3, 0.4) is 0 Å². The Morgan fingerprint density at radius 3 is 2.68 bits per heavy atom. The molecule has 1 aromatic rings. The highest BCUT2D eigenvalue weighted by Crippen LogP contribution is 2.22. The van der Waals surface area contributed by atoms with Gasteiger partial charge in [-0.2, -0.15) is 0 Å². The van der Waals surface area contributed by atoms with Crippen LogP contribution < -0.4 is 5.32 Å². The molecule has 2 fully saturated rings. The van der Waals surface area contributed by atoms with Gasteiger partial charge in [-0.15, -0.1) is 0 Å². The van der Waals surface area contributed by atoms with E-state index in [1.807, 2.05) is 18.2 Å². The van der Waals surface area contributed by atoms with E-state index in [9.17, 15) is 14.7 Å².